The summed E-state index contributed by atoms with van der Waals surface area (Å²) in [7, 11) is 1.66. The minimum absolute atomic E-state index is 0.400. The molecule has 0 amide bonds. The van der Waals surface area contributed by atoms with Crippen molar-refractivity contribution in [2.75, 3.05) is 12.5 Å². The second-order valence-electron chi connectivity index (χ2n) is 5.64. The highest BCUT2D eigenvalue weighted by atomic mass is 35.5. The van der Waals surface area contributed by atoms with E-state index in [0.717, 1.165) is 27.7 Å². The number of nitrogens with one attached hydrogen (secondary N) is 1. The first-order valence-corrected chi connectivity index (χ1v) is 10.3. The van der Waals surface area contributed by atoms with Gasteiger partial charge in [-0.25, -0.2) is 4.98 Å². The fraction of sp³-hybridized carbons (Fsp3) is 0.100. The molecule has 0 atom stereocenters. The molecule has 0 aliphatic carbocycles. The second kappa shape index (κ2) is 10.0. The molecule has 1 N–H and O–H groups in total. The zero-order valence-corrected chi connectivity index (χ0v) is 17.9. The first-order chi connectivity index (χ1) is 13.6. The zero-order chi connectivity index (χ0) is 19.9. The van der Waals surface area contributed by atoms with Crippen LogP contribution in [0.2, 0.25) is 15.1 Å². The lowest BCUT2D eigenvalue weighted by Gasteiger charge is -2.09. The van der Waals surface area contributed by atoms with Crippen LogP contribution in [0.4, 0.5) is 5.69 Å². The van der Waals surface area contributed by atoms with Crippen LogP contribution in [-0.4, -0.2) is 18.3 Å². The quantitative estimate of drug-likeness (QED) is 0.243. The van der Waals surface area contributed by atoms with Crippen molar-refractivity contribution in [3.05, 3.63) is 80.9 Å². The van der Waals surface area contributed by atoms with Gasteiger partial charge in [0.15, 0.2) is 0 Å². The highest BCUT2D eigenvalue weighted by molar-refractivity contribution is 7.98. The molecule has 1 heterocycles. The van der Waals surface area contributed by atoms with Gasteiger partial charge in [0.25, 0.3) is 0 Å². The summed E-state index contributed by atoms with van der Waals surface area (Å²) >= 11 is 19.9. The van der Waals surface area contributed by atoms with Gasteiger partial charge in [0.1, 0.15) is 5.75 Å². The number of thioether (sulfide) groups is 1. The Morgan fingerprint density at radius 2 is 1.89 bits per heavy atom. The molecule has 1 aromatic heterocycles. The van der Waals surface area contributed by atoms with Gasteiger partial charge in [-0.15, -0.1) is 11.8 Å². The summed E-state index contributed by atoms with van der Waals surface area (Å²) in [5.74, 6) is 1.54. The van der Waals surface area contributed by atoms with Crippen molar-refractivity contribution in [3.8, 4) is 5.75 Å². The molecule has 0 aliphatic rings. The number of halogens is 3. The Hall–Kier alpha value is -1.92. The van der Waals surface area contributed by atoms with Crippen molar-refractivity contribution in [1.29, 1.82) is 0 Å². The summed E-state index contributed by atoms with van der Waals surface area (Å²) in [5, 5.41) is 6.45. The van der Waals surface area contributed by atoms with Gasteiger partial charge in [0.05, 0.1) is 34.1 Å². The molecule has 8 heteroatoms. The summed E-state index contributed by atoms with van der Waals surface area (Å²) in [4.78, 5) is 4.33. The molecule has 0 saturated carbocycles. The lowest BCUT2D eigenvalue weighted by molar-refractivity contribution is 0.411. The third-order valence-corrected chi connectivity index (χ3v) is 5.52. The van der Waals surface area contributed by atoms with E-state index in [4.69, 9.17) is 39.5 Å². The number of hydrazone groups is 1. The van der Waals surface area contributed by atoms with Crippen molar-refractivity contribution in [3.63, 3.8) is 0 Å². The maximum atomic E-state index is 6.15. The maximum absolute atomic E-state index is 6.15. The molecule has 0 saturated heterocycles. The third kappa shape index (κ3) is 5.55. The molecule has 0 radical (unpaired) electrons. The first kappa shape index (κ1) is 20.8. The van der Waals surface area contributed by atoms with E-state index < -0.39 is 0 Å². The lowest BCUT2D eigenvalue weighted by Crippen LogP contribution is -1.96. The van der Waals surface area contributed by atoms with Crippen LogP contribution in [0.25, 0.3) is 0 Å². The van der Waals surface area contributed by atoms with Gasteiger partial charge in [0.2, 0.25) is 0 Å². The number of methoxy groups -OCH3 is 1. The molecule has 0 bridgehead atoms. The molecule has 0 unspecified atom stereocenters. The molecule has 0 fully saturated rings. The van der Waals surface area contributed by atoms with E-state index in [-0.39, 0.29) is 0 Å². The summed E-state index contributed by atoms with van der Waals surface area (Å²) in [6.07, 6.45) is 3.47. The van der Waals surface area contributed by atoms with E-state index in [1.54, 1.807) is 43.4 Å². The van der Waals surface area contributed by atoms with Crippen LogP contribution >= 0.6 is 46.6 Å². The van der Waals surface area contributed by atoms with E-state index in [2.05, 4.69) is 15.5 Å². The minimum atomic E-state index is 0.400. The number of hydrogen-bond donors (Lipinski definition) is 1. The Kier molecular flexibility index (Phi) is 7.45. The molecule has 0 spiro atoms. The molecule has 2 aromatic carbocycles. The van der Waals surface area contributed by atoms with E-state index in [0.29, 0.717) is 20.8 Å². The van der Waals surface area contributed by atoms with E-state index >= 15 is 0 Å². The highest BCUT2D eigenvalue weighted by Crippen LogP contribution is 2.33. The number of anilines is 1. The largest absolute Gasteiger partial charge is 0.496 e. The van der Waals surface area contributed by atoms with Crippen LogP contribution < -0.4 is 10.2 Å². The summed E-state index contributed by atoms with van der Waals surface area (Å²) < 4.78 is 5.46. The molecule has 3 aromatic rings. The zero-order valence-electron chi connectivity index (χ0n) is 14.8. The normalized spacial score (nSPS) is 11.0. The first-order valence-electron chi connectivity index (χ1n) is 8.21. The number of nitrogens with zero attached hydrogens (tertiary/aromatic N) is 2. The fourth-order valence-electron chi connectivity index (χ4n) is 2.40. The summed E-state index contributed by atoms with van der Waals surface area (Å²) in [6, 6.07) is 14.9. The van der Waals surface area contributed by atoms with Gasteiger partial charge in [-0.2, -0.15) is 5.10 Å². The topological polar surface area (TPSA) is 46.5 Å². The van der Waals surface area contributed by atoms with Gasteiger partial charge in [-0.3, -0.25) is 5.43 Å². The summed E-state index contributed by atoms with van der Waals surface area (Å²) in [5.41, 5.74) is 5.32. The maximum Gasteiger partial charge on any atom is 0.122 e. The van der Waals surface area contributed by atoms with Crippen LogP contribution in [0.15, 0.2) is 64.9 Å². The smallest absolute Gasteiger partial charge is 0.122 e. The van der Waals surface area contributed by atoms with Gasteiger partial charge < -0.3 is 4.74 Å². The number of rotatable bonds is 7. The van der Waals surface area contributed by atoms with Gasteiger partial charge in [-0.1, -0.05) is 40.9 Å². The van der Waals surface area contributed by atoms with Crippen molar-refractivity contribution in [2.45, 2.75) is 10.8 Å². The lowest BCUT2D eigenvalue weighted by atomic mass is 10.1. The van der Waals surface area contributed by atoms with Gasteiger partial charge in [0, 0.05) is 22.5 Å². The monoisotopic (exact) mass is 451 g/mol. The Balaban J connectivity index is 1.73. The average molecular weight is 453 g/mol. The molecule has 28 heavy (non-hydrogen) atoms. The third-order valence-electron chi connectivity index (χ3n) is 3.71. The molecule has 3 rings (SSSR count). The minimum Gasteiger partial charge on any atom is -0.496 e. The van der Waals surface area contributed by atoms with E-state index in [9.17, 15) is 0 Å². The van der Waals surface area contributed by atoms with Gasteiger partial charge in [-0.05, 0) is 48.0 Å². The van der Waals surface area contributed by atoms with Crippen LogP contribution in [0.1, 0.15) is 11.1 Å². The standard InChI is InChI=1S/C20H16Cl3N3OS/c1-27-18-6-5-13(8-14(18)12-28-19-4-2-3-7-24-19)11-25-26-20-16(22)9-15(21)10-17(20)23/h2-11,26H,12H2,1H3/b25-11-. The predicted molar refractivity (Wildman–Crippen MR) is 119 cm³/mol. The van der Waals surface area contributed by atoms with Gasteiger partial charge >= 0.3 is 0 Å². The van der Waals surface area contributed by atoms with Crippen molar-refractivity contribution >= 4 is 58.5 Å². The highest BCUT2D eigenvalue weighted by Gasteiger charge is 2.08. The van der Waals surface area contributed by atoms with Crippen LogP contribution in [0, 0.1) is 0 Å². The van der Waals surface area contributed by atoms with E-state index in [1.807, 2.05) is 36.4 Å². The number of benzene rings is 2. The number of pyridine rings is 1. The molecule has 0 aliphatic heterocycles. The fourth-order valence-corrected chi connectivity index (χ4v) is 4.14. The molecule has 4 nitrogen and oxygen atoms in total. The van der Waals surface area contributed by atoms with E-state index in [1.165, 1.54) is 0 Å². The SMILES string of the molecule is COc1ccc(/C=N\Nc2c(Cl)cc(Cl)cc2Cl)cc1CSc1ccccn1. The van der Waals surface area contributed by atoms with Crippen LogP contribution in [0.3, 0.4) is 0 Å². The molecular weight excluding hydrogens is 437 g/mol. The second-order valence-corrected chi connectivity index (χ2v) is 7.89. The Morgan fingerprint density at radius 1 is 1.11 bits per heavy atom. The number of aromatic nitrogens is 1. The average Bonchev–Trinajstić information content (AvgIpc) is 2.69. The Labute approximate surface area is 182 Å². The van der Waals surface area contributed by atoms with Crippen molar-refractivity contribution in [2.24, 2.45) is 5.10 Å². The summed E-state index contributed by atoms with van der Waals surface area (Å²) in [6.45, 7) is 0. The molecular formula is C20H16Cl3N3OS. The van der Waals surface area contributed by atoms with Crippen LogP contribution in [0.5, 0.6) is 5.75 Å². The Morgan fingerprint density at radius 3 is 2.57 bits per heavy atom. The number of hydrogen-bond acceptors (Lipinski definition) is 5. The molecule has 144 valence electrons. The number of ether oxygens (including phenoxy) is 1. The van der Waals surface area contributed by atoms with Crippen LogP contribution in [-0.2, 0) is 5.75 Å². The van der Waals surface area contributed by atoms with Crippen molar-refractivity contribution in [1.82, 2.24) is 4.98 Å². The Bertz CT molecular complexity index is 961. The van der Waals surface area contributed by atoms with Crippen molar-refractivity contribution < 1.29 is 4.74 Å². The predicted octanol–water partition coefficient (Wildman–Crippen LogP) is 6.79.